The van der Waals surface area contributed by atoms with E-state index in [1.54, 1.807) is 6.92 Å². The molecular weight excluding hydrogens is 169 g/mol. The van der Waals surface area contributed by atoms with E-state index in [1.165, 1.54) is 4.90 Å². The van der Waals surface area contributed by atoms with Crippen molar-refractivity contribution in [1.29, 1.82) is 0 Å². The van der Waals surface area contributed by atoms with Gasteiger partial charge in [-0.1, -0.05) is 6.92 Å². The van der Waals surface area contributed by atoms with Crippen molar-refractivity contribution in [3.63, 3.8) is 0 Å². The first-order valence-electron chi connectivity index (χ1n) is 3.65. The summed E-state index contributed by atoms with van der Waals surface area (Å²) in [5.41, 5.74) is 0. The maximum atomic E-state index is 10.8. The number of carbonyl (C=O) groups is 2. The van der Waals surface area contributed by atoms with Gasteiger partial charge >= 0.3 is 41.4 Å². The topological polar surface area (TPSA) is 57.6 Å². The van der Waals surface area contributed by atoms with Gasteiger partial charge in [0.1, 0.15) is 0 Å². The Morgan fingerprint density at radius 2 is 1.83 bits per heavy atom. The molecule has 0 spiro atoms. The number of carboxylic acid groups (broad SMARTS) is 1. The van der Waals surface area contributed by atoms with Gasteiger partial charge in [-0.25, -0.2) is 4.79 Å². The number of hydrogen-bond donors (Lipinski definition) is 1. The number of likely N-dealkylation sites (N-methyl/N-ethyl adjacent to an activating group) is 1. The minimum atomic E-state index is -1.37. The van der Waals surface area contributed by atoms with E-state index in [9.17, 15) is 9.59 Å². The Kier molecular flexibility index (Phi) is 9.14. The molecule has 0 aliphatic heterocycles. The van der Waals surface area contributed by atoms with Crippen LogP contribution in [0.1, 0.15) is 20.3 Å². The Morgan fingerprint density at radius 1 is 1.33 bits per heavy atom. The molecule has 0 fully saturated rings. The van der Waals surface area contributed by atoms with Crippen molar-refractivity contribution in [2.75, 3.05) is 13.1 Å². The molecule has 0 aromatic carbocycles. The van der Waals surface area contributed by atoms with E-state index in [0.717, 1.165) is 6.42 Å². The van der Waals surface area contributed by atoms with Gasteiger partial charge in [0.15, 0.2) is 0 Å². The maximum absolute atomic E-state index is 10.8. The molecule has 0 atom stereocenters. The van der Waals surface area contributed by atoms with E-state index >= 15 is 0 Å². The monoisotopic (exact) mass is 183 g/mol. The summed E-state index contributed by atoms with van der Waals surface area (Å²) in [5, 5.41) is 8.32. The number of aliphatic carboxylic acids is 1. The summed E-state index contributed by atoms with van der Waals surface area (Å²) in [6.45, 7) is 4.63. The van der Waals surface area contributed by atoms with Crippen molar-refractivity contribution in [3.05, 3.63) is 0 Å². The fourth-order valence-electron chi connectivity index (χ4n) is 0.808. The van der Waals surface area contributed by atoms with E-state index in [4.69, 9.17) is 5.11 Å². The second kappa shape index (κ2) is 7.58. The third-order valence-corrected chi connectivity index (χ3v) is 1.35. The molecule has 5 heteroatoms. The minimum absolute atomic E-state index is 0. The molecule has 0 saturated carbocycles. The number of carbonyl (C=O) groups excluding carboxylic acids is 1. The summed E-state index contributed by atoms with van der Waals surface area (Å²) in [5.74, 6) is -2.19. The molecule has 0 aromatic rings. The Bertz CT molecular complexity index is 161. The summed E-state index contributed by atoms with van der Waals surface area (Å²) >= 11 is 0. The number of rotatable bonds is 3. The van der Waals surface area contributed by atoms with Crippen molar-refractivity contribution < 1.29 is 14.7 Å². The van der Waals surface area contributed by atoms with Gasteiger partial charge in [0.2, 0.25) is 0 Å². The Morgan fingerprint density at radius 3 is 2.08 bits per heavy atom. The number of carboxylic acids is 1. The van der Waals surface area contributed by atoms with E-state index in [-0.39, 0.29) is 29.6 Å². The van der Waals surface area contributed by atoms with Crippen molar-refractivity contribution >= 4 is 41.4 Å². The third kappa shape index (κ3) is 4.74. The van der Waals surface area contributed by atoms with Crippen LogP contribution in [0.25, 0.3) is 0 Å². The van der Waals surface area contributed by atoms with Crippen LogP contribution < -0.4 is 0 Å². The molecule has 0 saturated heterocycles. The van der Waals surface area contributed by atoms with E-state index < -0.39 is 11.9 Å². The molecule has 12 heavy (non-hydrogen) atoms. The summed E-state index contributed by atoms with van der Waals surface area (Å²) < 4.78 is 0. The van der Waals surface area contributed by atoms with Crippen molar-refractivity contribution in [1.82, 2.24) is 4.90 Å². The molecule has 0 radical (unpaired) electrons. The molecule has 66 valence electrons. The van der Waals surface area contributed by atoms with Gasteiger partial charge in [0.25, 0.3) is 0 Å². The normalized spacial score (nSPS) is 8.50. The third-order valence-electron chi connectivity index (χ3n) is 1.35. The predicted octanol–water partition coefficient (Wildman–Crippen LogP) is -0.319. The van der Waals surface area contributed by atoms with Crippen LogP contribution in [0, 0.1) is 0 Å². The zero-order valence-electron chi connectivity index (χ0n) is 6.83. The molecule has 4 nitrogen and oxygen atoms in total. The molecule has 0 aromatic heterocycles. The van der Waals surface area contributed by atoms with Crippen LogP contribution in [-0.2, 0) is 9.59 Å². The van der Waals surface area contributed by atoms with Crippen molar-refractivity contribution in [2.45, 2.75) is 20.3 Å². The Labute approximate surface area is 94.2 Å². The molecule has 0 heterocycles. The summed E-state index contributed by atoms with van der Waals surface area (Å²) in [6.07, 6.45) is 0.785. The van der Waals surface area contributed by atoms with E-state index in [2.05, 4.69) is 0 Å². The summed E-state index contributed by atoms with van der Waals surface area (Å²) in [4.78, 5) is 22.3. The van der Waals surface area contributed by atoms with Crippen LogP contribution >= 0.6 is 0 Å². The molecule has 1 N–H and O–H groups in total. The molecule has 0 unspecified atom stereocenters. The zero-order chi connectivity index (χ0) is 8.85. The fraction of sp³-hybridized carbons (Fsp3) is 0.714. The van der Waals surface area contributed by atoms with Crippen LogP contribution in [0.2, 0.25) is 0 Å². The van der Waals surface area contributed by atoms with Crippen LogP contribution in [-0.4, -0.2) is 64.5 Å². The number of hydrogen-bond acceptors (Lipinski definition) is 2. The van der Waals surface area contributed by atoms with Crippen molar-refractivity contribution in [2.24, 2.45) is 0 Å². The quantitative estimate of drug-likeness (QED) is 0.482. The van der Waals surface area contributed by atoms with Crippen LogP contribution in [0.15, 0.2) is 0 Å². The van der Waals surface area contributed by atoms with Gasteiger partial charge in [-0.15, -0.1) is 0 Å². The molecule has 0 bridgehead atoms. The van der Waals surface area contributed by atoms with Crippen molar-refractivity contribution in [3.8, 4) is 0 Å². The summed E-state index contributed by atoms with van der Waals surface area (Å²) in [6, 6.07) is 0. The first-order valence-corrected chi connectivity index (χ1v) is 3.65. The number of nitrogens with zero attached hydrogens (tertiary/aromatic N) is 1. The van der Waals surface area contributed by atoms with E-state index in [0.29, 0.717) is 13.1 Å². The predicted molar refractivity (Wildman–Crippen MR) is 47.3 cm³/mol. The molecular formula is C7H14NNaO3. The zero-order valence-corrected chi connectivity index (χ0v) is 6.83. The van der Waals surface area contributed by atoms with Gasteiger partial charge in [-0.2, -0.15) is 0 Å². The number of amides is 1. The first-order chi connectivity index (χ1) is 5.13. The molecule has 1 amide bonds. The molecule has 0 rings (SSSR count). The van der Waals surface area contributed by atoms with Crippen LogP contribution in [0.4, 0.5) is 0 Å². The second-order valence-corrected chi connectivity index (χ2v) is 2.19. The average molecular weight is 183 g/mol. The molecule has 0 aliphatic rings. The van der Waals surface area contributed by atoms with Crippen LogP contribution in [0.3, 0.4) is 0 Å². The van der Waals surface area contributed by atoms with E-state index in [1.807, 2.05) is 6.92 Å². The Hall–Kier alpha value is -0.0600. The summed E-state index contributed by atoms with van der Waals surface area (Å²) in [7, 11) is 0. The van der Waals surface area contributed by atoms with Gasteiger partial charge in [-0.3, -0.25) is 4.79 Å². The fourth-order valence-corrected chi connectivity index (χ4v) is 0.808. The van der Waals surface area contributed by atoms with Gasteiger partial charge in [0.05, 0.1) is 0 Å². The standard InChI is InChI=1S/C7H13NO3.Na.H/c1-3-5-8(4-2)6(9)7(10)11;;/h3-5H2,1-2H3,(H,10,11);;. The first kappa shape index (κ1) is 14.5. The second-order valence-electron chi connectivity index (χ2n) is 2.19. The van der Waals surface area contributed by atoms with Gasteiger partial charge in [0, 0.05) is 13.1 Å². The molecule has 0 aliphatic carbocycles. The average Bonchev–Trinajstić information content (AvgIpc) is 1.98. The van der Waals surface area contributed by atoms with Gasteiger partial charge < -0.3 is 10.0 Å². The SMILES string of the molecule is CCCN(CC)C(=O)C(=O)O.[NaH]. The van der Waals surface area contributed by atoms with Gasteiger partial charge in [-0.05, 0) is 13.3 Å². The Balaban J connectivity index is 0. The van der Waals surface area contributed by atoms with Crippen LogP contribution in [0.5, 0.6) is 0 Å².